The molecule has 128 valence electrons. The maximum atomic E-state index is 13.1. The summed E-state index contributed by atoms with van der Waals surface area (Å²) in [7, 11) is 0. The second-order valence-electron chi connectivity index (χ2n) is 6.80. The van der Waals surface area contributed by atoms with E-state index in [9.17, 15) is 4.79 Å². The lowest BCUT2D eigenvalue weighted by atomic mass is 9.84. The molecule has 1 saturated carbocycles. The van der Waals surface area contributed by atoms with Crippen LogP contribution in [0.3, 0.4) is 0 Å². The molecule has 0 amide bonds. The predicted octanol–water partition coefficient (Wildman–Crippen LogP) is 2.72. The molecule has 1 aromatic heterocycles. The fourth-order valence-corrected chi connectivity index (χ4v) is 4.07. The monoisotopic (exact) mass is 328 g/mol. The topological polar surface area (TPSA) is 66.5 Å². The Labute approximate surface area is 141 Å². The van der Waals surface area contributed by atoms with E-state index in [-0.39, 0.29) is 11.8 Å². The first kappa shape index (κ1) is 15.8. The van der Waals surface area contributed by atoms with E-state index in [1.807, 2.05) is 29.0 Å². The average molecular weight is 328 g/mol. The van der Waals surface area contributed by atoms with Gasteiger partial charge < -0.3 is 15.2 Å². The minimum atomic E-state index is -0.416. The highest BCUT2D eigenvalue weighted by molar-refractivity contribution is 5.95. The Morgan fingerprint density at radius 2 is 1.92 bits per heavy atom. The molecule has 24 heavy (non-hydrogen) atoms. The van der Waals surface area contributed by atoms with Gasteiger partial charge >= 0.3 is 0 Å². The highest BCUT2D eigenvalue weighted by atomic mass is 16.7. The van der Waals surface area contributed by atoms with Crippen LogP contribution in [0.5, 0.6) is 0 Å². The van der Waals surface area contributed by atoms with Crippen LogP contribution < -0.4 is 5.73 Å². The van der Waals surface area contributed by atoms with Gasteiger partial charge in [0.25, 0.3) is 0 Å². The lowest BCUT2D eigenvalue weighted by molar-refractivity contribution is -0.180. The summed E-state index contributed by atoms with van der Waals surface area (Å²) < 4.78 is 13.4. The van der Waals surface area contributed by atoms with Gasteiger partial charge in [0.15, 0.2) is 5.79 Å². The standard InChI is InChI=1S/C19H24N2O3/c20-10-7-15-13-21(17-4-2-1-3-16(15)17)18(22)14-5-8-19(9-6-14)23-11-12-24-19/h1-4,13-14H,5-12,20H2. The summed E-state index contributed by atoms with van der Waals surface area (Å²) in [4.78, 5) is 13.1. The number of ether oxygens (including phenoxy) is 2. The Morgan fingerprint density at radius 3 is 2.62 bits per heavy atom. The molecule has 2 N–H and O–H groups in total. The molecule has 2 aromatic rings. The van der Waals surface area contributed by atoms with Crippen LogP contribution in [0.4, 0.5) is 0 Å². The number of fused-ring (bicyclic) bond motifs is 1. The quantitative estimate of drug-likeness (QED) is 0.941. The van der Waals surface area contributed by atoms with Crippen molar-refractivity contribution in [2.24, 2.45) is 11.7 Å². The highest BCUT2D eigenvalue weighted by Gasteiger charge is 2.42. The number of rotatable bonds is 3. The van der Waals surface area contributed by atoms with Crippen molar-refractivity contribution in [2.45, 2.75) is 37.9 Å². The number of benzene rings is 1. The molecule has 5 heteroatoms. The fraction of sp³-hybridized carbons (Fsp3) is 0.526. The van der Waals surface area contributed by atoms with Gasteiger partial charge in [-0.05, 0) is 37.4 Å². The Hall–Kier alpha value is -1.69. The second-order valence-corrected chi connectivity index (χ2v) is 6.80. The van der Waals surface area contributed by atoms with Crippen molar-refractivity contribution >= 4 is 16.8 Å². The number of nitrogens with two attached hydrogens (primary N) is 1. The van der Waals surface area contributed by atoms with Crippen LogP contribution in [0.1, 0.15) is 36.0 Å². The summed E-state index contributed by atoms with van der Waals surface area (Å²) in [5.41, 5.74) is 7.86. The number of nitrogens with zero attached hydrogens (tertiary/aromatic N) is 1. The molecule has 1 spiro atoms. The number of hydrogen-bond donors (Lipinski definition) is 1. The molecule has 2 fully saturated rings. The van der Waals surface area contributed by atoms with Gasteiger partial charge in [-0.3, -0.25) is 9.36 Å². The lowest BCUT2D eigenvalue weighted by Crippen LogP contribution is -2.38. The molecule has 0 radical (unpaired) electrons. The van der Waals surface area contributed by atoms with Crippen LogP contribution in [-0.4, -0.2) is 36.0 Å². The van der Waals surface area contributed by atoms with E-state index in [0.717, 1.165) is 48.6 Å². The van der Waals surface area contributed by atoms with Crippen LogP contribution in [-0.2, 0) is 15.9 Å². The first-order chi connectivity index (χ1) is 11.7. The van der Waals surface area contributed by atoms with Crippen molar-refractivity contribution < 1.29 is 14.3 Å². The normalized spacial score (nSPS) is 20.9. The molecule has 5 nitrogen and oxygen atoms in total. The summed E-state index contributed by atoms with van der Waals surface area (Å²) in [6, 6.07) is 8.08. The van der Waals surface area contributed by atoms with Crippen molar-refractivity contribution in [2.75, 3.05) is 19.8 Å². The Morgan fingerprint density at radius 1 is 1.21 bits per heavy atom. The maximum absolute atomic E-state index is 13.1. The first-order valence-electron chi connectivity index (χ1n) is 8.84. The molecule has 2 heterocycles. The molecular weight excluding hydrogens is 304 g/mol. The van der Waals surface area contributed by atoms with Crippen molar-refractivity contribution in [3.63, 3.8) is 0 Å². The molecule has 0 unspecified atom stereocenters. The number of carbonyl (C=O) groups excluding carboxylic acids is 1. The van der Waals surface area contributed by atoms with Gasteiger partial charge in [0.05, 0.1) is 18.7 Å². The van der Waals surface area contributed by atoms with Gasteiger partial charge in [-0.15, -0.1) is 0 Å². The highest BCUT2D eigenvalue weighted by Crippen LogP contribution is 2.39. The zero-order valence-electron chi connectivity index (χ0n) is 13.9. The Balaban J connectivity index is 1.57. The third kappa shape index (κ3) is 2.66. The van der Waals surface area contributed by atoms with Crippen molar-refractivity contribution in [3.8, 4) is 0 Å². The van der Waals surface area contributed by atoms with Gasteiger partial charge in [0.2, 0.25) is 5.91 Å². The predicted molar refractivity (Wildman–Crippen MR) is 91.9 cm³/mol. The number of carbonyl (C=O) groups is 1. The largest absolute Gasteiger partial charge is 0.348 e. The van der Waals surface area contributed by atoms with Crippen molar-refractivity contribution in [1.29, 1.82) is 0 Å². The Kier molecular flexibility index (Phi) is 4.16. The van der Waals surface area contributed by atoms with Crippen LogP contribution in [0.15, 0.2) is 30.5 Å². The molecule has 4 rings (SSSR count). The minimum Gasteiger partial charge on any atom is -0.348 e. The third-order valence-corrected chi connectivity index (χ3v) is 5.36. The first-order valence-corrected chi connectivity index (χ1v) is 8.84. The SMILES string of the molecule is NCCc1cn(C(=O)C2CCC3(CC2)OCCO3)c2ccccc12. The van der Waals surface area contributed by atoms with E-state index in [4.69, 9.17) is 15.2 Å². The van der Waals surface area contributed by atoms with E-state index in [1.165, 1.54) is 0 Å². The van der Waals surface area contributed by atoms with E-state index in [1.54, 1.807) is 0 Å². The van der Waals surface area contributed by atoms with E-state index in [2.05, 4.69) is 6.07 Å². The lowest BCUT2D eigenvalue weighted by Gasteiger charge is -2.34. The fourth-order valence-electron chi connectivity index (χ4n) is 4.07. The van der Waals surface area contributed by atoms with Crippen LogP contribution >= 0.6 is 0 Å². The summed E-state index contributed by atoms with van der Waals surface area (Å²) in [6.07, 6.45) is 6.01. The van der Waals surface area contributed by atoms with Gasteiger partial charge in [-0.1, -0.05) is 18.2 Å². The molecule has 2 aliphatic rings. The van der Waals surface area contributed by atoms with Crippen molar-refractivity contribution in [3.05, 3.63) is 36.0 Å². The van der Waals surface area contributed by atoms with E-state index in [0.29, 0.717) is 19.8 Å². The molecule has 1 saturated heterocycles. The third-order valence-electron chi connectivity index (χ3n) is 5.36. The minimum absolute atomic E-state index is 0.0324. The summed E-state index contributed by atoms with van der Waals surface area (Å²) in [6.45, 7) is 1.93. The summed E-state index contributed by atoms with van der Waals surface area (Å²) in [5, 5.41) is 1.13. The van der Waals surface area contributed by atoms with Gasteiger partial charge in [0.1, 0.15) is 0 Å². The van der Waals surface area contributed by atoms with Crippen LogP contribution in [0, 0.1) is 5.92 Å². The number of aromatic nitrogens is 1. The smallest absolute Gasteiger partial charge is 0.234 e. The number of hydrogen-bond acceptors (Lipinski definition) is 4. The molecule has 1 aromatic carbocycles. The van der Waals surface area contributed by atoms with Gasteiger partial charge in [-0.25, -0.2) is 0 Å². The summed E-state index contributed by atoms with van der Waals surface area (Å²) >= 11 is 0. The van der Waals surface area contributed by atoms with Gasteiger partial charge in [0, 0.05) is 30.3 Å². The van der Waals surface area contributed by atoms with Crippen LogP contribution in [0.2, 0.25) is 0 Å². The van der Waals surface area contributed by atoms with Crippen molar-refractivity contribution in [1.82, 2.24) is 4.57 Å². The molecule has 0 atom stereocenters. The molecule has 1 aliphatic carbocycles. The molecular formula is C19H24N2O3. The summed E-state index contributed by atoms with van der Waals surface area (Å²) in [5.74, 6) is -0.201. The maximum Gasteiger partial charge on any atom is 0.234 e. The average Bonchev–Trinajstić information content (AvgIpc) is 3.21. The molecule has 1 aliphatic heterocycles. The zero-order valence-corrected chi connectivity index (χ0v) is 13.9. The van der Waals surface area contributed by atoms with Gasteiger partial charge in [-0.2, -0.15) is 0 Å². The number of para-hydroxylation sites is 1. The van der Waals surface area contributed by atoms with Crippen LogP contribution in [0.25, 0.3) is 10.9 Å². The van der Waals surface area contributed by atoms with E-state index < -0.39 is 5.79 Å². The zero-order chi connectivity index (χ0) is 16.6. The van der Waals surface area contributed by atoms with E-state index >= 15 is 0 Å². The Bertz CT molecular complexity index is 736. The second kappa shape index (κ2) is 6.31. The molecule has 0 bridgehead atoms.